The second kappa shape index (κ2) is 7.53. The van der Waals surface area contributed by atoms with Gasteiger partial charge in [0.15, 0.2) is 0 Å². The monoisotopic (exact) mass is 325 g/mol. The molecule has 0 aromatic carbocycles. The normalized spacial score (nSPS) is 23.1. The first-order chi connectivity index (χ1) is 10.5. The standard InChI is InChI=1S/C16H27N3O2S/c1-4-5-8-21-13-9-12(16(13,2)3)19-15(20)11-10-22-14(18-11)6-7-17/h10,12-13H,4-9,17H2,1-3H3,(H,19,20). The Kier molecular flexibility index (Phi) is 5.94. The number of rotatable bonds is 8. The quantitative estimate of drug-likeness (QED) is 0.719. The maximum absolute atomic E-state index is 12.3. The van der Waals surface area contributed by atoms with E-state index >= 15 is 0 Å². The Hall–Kier alpha value is -0.980. The molecule has 124 valence electrons. The Labute approximate surface area is 136 Å². The van der Waals surface area contributed by atoms with Gasteiger partial charge in [-0.3, -0.25) is 4.79 Å². The first kappa shape index (κ1) is 17.4. The van der Waals surface area contributed by atoms with Crippen LogP contribution in [0, 0.1) is 5.41 Å². The molecule has 1 aliphatic rings. The summed E-state index contributed by atoms with van der Waals surface area (Å²) in [6, 6.07) is 0.145. The molecule has 2 atom stereocenters. The smallest absolute Gasteiger partial charge is 0.270 e. The number of nitrogens with zero attached hydrogens (tertiary/aromatic N) is 1. The van der Waals surface area contributed by atoms with Crippen LogP contribution in [-0.4, -0.2) is 36.2 Å². The predicted octanol–water partition coefficient (Wildman–Crippen LogP) is 2.36. The highest BCUT2D eigenvalue weighted by Crippen LogP contribution is 2.43. The fourth-order valence-electron chi connectivity index (χ4n) is 2.67. The molecule has 0 bridgehead atoms. The minimum atomic E-state index is -0.0930. The lowest BCUT2D eigenvalue weighted by molar-refractivity contribution is -0.115. The lowest BCUT2D eigenvalue weighted by atomic mass is 9.64. The first-order valence-corrected chi connectivity index (χ1v) is 8.94. The van der Waals surface area contributed by atoms with Crippen LogP contribution >= 0.6 is 11.3 Å². The Balaban J connectivity index is 1.84. The molecule has 0 saturated heterocycles. The molecular weight excluding hydrogens is 298 g/mol. The number of hydrogen-bond donors (Lipinski definition) is 2. The van der Waals surface area contributed by atoms with Crippen molar-refractivity contribution in [3.63, 3.8) is 0 Å². The highest BCUT2D eigenvalue weighted by Gasteiger charge is 2.49. The highest BCUT2D eigenvalue weighted by molar-refractivity contribution is 7.09. The molecule has 0 aliphatic heterocycles. The average Bonchev–Trinajstić information content (AvgIpc) is 2.94. The van der Waals surface area contributed by atoms with Crippen molar-refractivity contribution in [2.75, 3.05) is 13.2 Å². The number of unbranched alkanes of at least 4 members (excludes halogenated alkanes) is 1. The molecule has 5 nitrogen and oxygen atoms in total. The van der Waals surface area contributed by atoms with Crippen LogP contribution in [0.4, 0.5) is 0 Å². The maximum Gasteiger partial charge on any atom is 0.270 e. The second-order valence-corrected chi connectivity index (χ2v) is 7.40. The van der Waals surface area contributed by atoms with E-state index in [0.717, 1.165) is 37.3 Å². The van der Waals surface area contributed by atoms with Crippen molar-refractivity contribution in [2.24, 2.45) is 11.1 Å². The van der Waals surface area contributed by atoms with E-state index in [0.29, 0.717) is 12.2 Å². The highest BCUT2D eigenvalue weighted by atomic mass is 32.1. The zero-order valence-electron chi connectivity index (χ0n) is 13.7. The van der Waals surface area contributed by atoms with Gasteiger partial charge in [0.05, 0.1) is 11.1 Å². The van der Waals surface area contributed by atoms with Crippen molar-refractivity contribution < 1.29 is 9.53 Å². The zero-order chi connectivity index (χ0) is 16.2. The van der Waals surface area contributed by atoms with Crippen LogP contribution in [0.1, 0.15) is 55.5 Å². The molecule has 0 spiro atoms. The molecule has 0 radical (unpaired) electrons. The molecule has 1 heterocycles. The van der Waals surface area contributed by atoms with E-state index in [2.05, 4.69) is 31.1 Å². The van der Waals surface area contributed by atoms with Gasteiger partial charge in [0, 0.05) is 29.9 Å². The van der Waals surface area contributed by atoms with Gasteiger partial charge in [-0.25, -0.2) is 4.98 Å². The van der Waals surface area contributed by atoms with Gasteiger partial charge in [-0.05, 0) is 19.4 Å². The Bertz CT molecular complexity index is 501. The Morgan fingerprint density at radius 3 is 3.00 bits per heavy atom. The van der Waals surface area contributed by atoms with Gasteiger partial charge in [0.2, 0.25) is 0 Å². The lowest BCUT2D eigenvalue weighted by Crippen LogP contribution is -2.62. The average molecular weight is 325 g/mol. The number of ether oxygens (including phenoxy) is 1. The number of carbonyl (C=O) groups excluding carboxylic acids is 1. The van der Waals surface area contributed by atoms with Gasteiger partial charge >= 0.3 is 0 Å². The third kappa shape index (κ3) is 3.86. The summed E-state index contributed by atoms with van der Waals surface area (Å²) in [5.74, 6) is -0.0930. The number of nitrogens with two attached hydrogens (primary N) is 1. The SMILES string of the molecule is CCCCOC1CC(NC(=O)c2csc(CCN)n2)C1(C)C. The number of nitrogens with one attached hydrogen (secondary N) is 1. The van der Waals surface area contributed by atoms with Crippen LogP contribution in [0.5, 0.6) is 0 Å². The summed E-state index contributed by atoms with van der Waals surface area (Å²) in [6.07, 6.45) is 4.06. The molecule has 3 N–H and O–H groups in total. The molecule has 1 aliphatic carbocycles. The topological polar surface area (TPSA) is 77.2 Å². The Morgan fingerprint density at radius 1 is 1.59 bits per heavy atom. The number of amides is 1. The number of hydrogen-bond acceptors (Lipinski definition) is 5. The Morgan fingerprint density at radius 2 is 2.36 bits per heavy atom. The van der Waals surface area contributed by atoms with Crippen LogP contribution in [0.25, 0.3) is 0 Å². The van der Waals surface area contributed by atoms with Crippen molar-refractivity contribution in [2.45, 2.75) is 58.6 Å². The van der Waals surface area contributed by atoms with Crippen molar-refractivity contribution in [1.82, 2.24) is 10.3 Å². The van der Waals surface area contributed by atoms with Crippen LogP contribution in [0.15, 0.2) is 5.38 Å². The summed E-state index contributed by atoms with van der Waals surface area (Å²) in [7, 11) is 0. The molecule has 1 amide bonds. The minimum absolute atomic E-state index is 0.0283. The van der Waals surface area contributed by atoms with Crippen LogP contribution in [0.3, 0.4) is 0 Å². The second-order valence-electron chi connectivity index (χ2n) is 6.46. The fraction of sp³-hybridized carbons (Fsp3) is 0.750. The van der Waals surface area contributed by atoms with Crippen molar-refractivity contribution in [3.05, 3.63) is 16.1 Å². The van der Waals surface area contributed by atoms with Gasteiger partial charge in [-0.2, -0.15) is 0 Å². The van der Waals surface area contributed by atoms with Gasteiger partial charge < -0.3 is 15.8 Å². The van der Waals surface area contributed by atoms with Gasteiger partial charge in [0.1, 0.15) is 5.69 Å². The van der Waals surface area contributed by atoms with Crippen LogP contribution < -0.4 is 11.1 Å². The van der Waals surface area contributed by atoms with E-state index in [1.54, 1.807) is 5.38 Å². The molecule has 1 aromatic heterocycles. The number of carbonyl (C=O) groups is 1. The fourth-order valence-corrected chi connectivity index (χ4v) is 3.46. The summed E-state index contributed by atoms with van der Waals surface area (Å²) < 4.78 is 5.91. The number of thiazole rings is 1. The van der Waals surface area contributed by atoms with Gasteiger partial charge in [0.25, 0.3) is 5.91 Å². The summed E-state index contributed by atoms with van der Waals surface area (Å²) in [5.41, 5.74) is 5.98. The van der Waals surface area contributed by atoms with E-state index in [1.807, 2.05) is 0 Å². The van der Waals surface area contributed by atoms with Crippen LogP contribution in [0.2, 0.25) is 0 Å². The molecule has 1 fully saturated rings. The lowest BCUT2D eigenvalue weighted by Gasteiger charge is -2.51. The molecule has 6 heteroatoms. The number of aromatic nitrogens is 1. The zero-order valence-corrected chi connectivity index (χ0v) is 14.5. The van der Waals surface area contributed by atoms with E-state index in [9.17, 15) is 4.79 Å². The largest absolute Gasteiger partial charge is 0.378 e. The molecule has 22 heavy (non-hydrogen) atoms. The summed E-state index contributed by atoms with van der Waals surface area (Å²) in [6.45, 7) is 7.82. The summed E-state index contributed by atoms with van der Waals surface area (Å²) >= 11 is 1.49. The van der Waals surface area contributed by atoms with E-state index in [-0.39, 0.29) is 23.5 Å². The summed E-state index contributed by atoms with van der Waals surface area (Å²) in [5, 5.41) is 5.82. The summed E-state index contributed by atoms with van der Waals surface area (Å²) in [4.78, 5) is 16.6. The molecule has 1 aromatic rings. The maximum atomic E-state index is 12.3. The van der Waals surface area contributed by atoms with E-state index in [4.69, 9.17) is 10.5 Å². The van der Waals surface area contributed by atoms with Crippen molar-refractivity contribution >= 4 is 17.2 Å². The first-order valence-electron chi connectivity index (χ1n) is 8.06. The minimum Gasteiger partial charge on any atom is -0.378 e. The van der Waals surface area contributed by atoms with Gasteiger partial charge in [-0.1, -0.05) is 27.2 Å². The molecule has 1 saturated carbocycles. The van der Waals surface area contributed by atoms with E-state index in [1.165, 1.54) is 11.3 Å². The van der Waals surface area contributed by atoms with Crippen LogP contribution in [-0.2, 0) is 11.2 Å². The van der Waals surface area contributed by atoms with Gasteiger partial charge in [-0.15, -0.1) is 11.3 Å². The predicted molar refractivity (Wildman–Crippen MR) is 89.2 cm³/mol. The van der Waals surface area contributed by atoms with E-state index < -0.39 is 0 Å². The molecule has 2 rings (SSSR count). The molecular formula is C16H27N3O2S. The third-order valence-electron chi connectivity index (χ3n) is 4.44. The molecule has 2 unspecified atom stereocenters. The van der Waals surface area contributed by atoms with Crippen molar-refractivity contribution in [1.29, 1.82) is 0 Å². The third-order valence-corrected chi connectivity index (χ3v) is 5.35. The van der Waals surface area contributed by atoms with Crippen molar-refractivity contribution in [3.8, 4) is 0 Å².